The summed E-state index contributed by atoms with van der Waals surface area (Å²) < 4.78 is 5.68. The Balaban J connectivity index is 1.26. The van der Waals surface area contributed by atoms with E-state index in [4.69, 9.17) is 4.42 Å². The van der Waals surface area contributed by atoms with Gasteiger partial charge in [0.2, 0.25) is 5.91 Å². The summed E-state index contributed by atoms with van der Waals surface area (Å²) in [4.78, 5) is 39.6. The summed E-state index contributed by atoms with van der Waals surface area (Å²) in [7, 11) is 0. The van der Waals surface area contributed by atoms with Gasteiger partial charge in [0.1, 0.15) is 5.58 Å². The Labute approximate surface area is 184 Å². The highest BCUT2D eigenvalue weighted by molar-refractivity contribution is 5.96. The van der Waals surface area contributed by atoms with Crippen LogP contribution in [0.2, 0.25) is 0 Å². The van der Waals surface area contributed by atoms with Gasteiger partial charge in [-0.25, -0.2) is 0 Å². The number of nitrogens with one attached hydrogen (secondary N) is 1. The molecule has 2 aromatic carbocycles. The number of amides is 2. The van der Waals surface area contributed by atoms with Crippen LogP contribution in [0.25, 0.3) is 11.0 Å². The quantitative estimate of drug-likeness (QED) is 0.468. The maximum Gasteiger partial charge on any atom is 0.289 e. The molecular weight excluding hydrogens is 412 g/mol. The first kappa shape index (κ1) is 21.5. The topological polar surface area (TPSA) is 109 Å². The number of hydrogen-bond acceptors (Lipinski definition) is 6. The Morgan fingerprint density at radius 1 is 1.09 bits per heavy atom. The summed E-state index contributed by atoms with van der Waals surface area (Å²) in [6.45, 7) is 4.60. The second-order valence-electron chi connectivity index (χ2n) is 7.79. The van der Waals surface area contributed by atoms with Gasteiger partial charge in [-0.3, -0.25) is 24.6 Å². The van der Waals surface area contributed by atoms with Crippen molar-refractivity contribution in [1.82, 2.24) is 9.80 Å². The zero-order valence-electron chi connectivity index (χ0n) is 17.7. The highest BCUT2D eigenvalue weighted by Crippen LogP contribution is 2.25. The Morgan fingerprint density at radius 3 is 2.56 bits per heavy atom. The molecule has 0 bridgehead atoms. The number of hydrogen-bond donors (Lipinski definition) is 1. The first-order valence-corrected chi connectivity index (χ1v) is 10.5. The van der Waals surface area contributed by atoms with Gasteiger partial charge in [0.25, 0.3) is 11.6 Å². The molecule has 2 heterocycles. The van der Waals surface area contributed by atoms with E-state index in [9.17, 15) is 19.7 Å². The Hall–Kier alpha value is -3.72. The van der Waals surface area contributed by atoms with Gasteiger partial charge in [0, 0.05) is 50.6 Å². The fraction of sp³-hybridized carbons (Fsp3) is 0.304. The molecule has 0 aliphatic carbocycles. The first-order valence-electron chi connectivity index (χ1n) is 10.5. The summed E-state index contributed by atoms with van der Waals surface area (Å²) >= 11 is 0. The summed E-state index contributed by atoms with van der Waals surface area (Å²) in [5, 5.41) is 14.7. The van der Waals surface area contributed by atoms with Gasteiger partial charge in [0.05, 0.1) is 16.2 Å². The van der Waals surface area contributed by atoms with Crippen LogP contribution in [-0.2, 0) is 4.79 Å². The summed E-state index contributed by atoms with van der Waals surface area (Å²) in [5.41, 5.74) is 1.56. The minimum atomic E-state index is -0.461. The van der Waals surface area contributed by atoms with Crippen LogP contribution in [0.3, 0.4) is 0 Å². The number of anilines is 1. The number of nitrogens with zero attached hydrogens (tertiary/aromatic N) is 3. The zero-order valence-corrected chi connectivity index (χ0v) is 17.7. The fourth-order valence-electron chi connectivity index (χ4n) is 3.85. The molecule has 0 saturated carbocycles. The standard InChI is InChI=1S/C23H24N4O5/c1-16-18(6-4-7-19(16)27(30)31)24-22(28)9-10-25-11-13-26(14-12-25)23(29)21-15-17-5-2-3-8-20(17)32-21/h2-8,15H,9-14H2,1H3,(H,24,28). The van der Waals surface area contributed by atoms with Gasteiger partial charge < -0.3 is 14.6 Å². The predicted octanol–water partition coefficient (Wildman–Crippen LogP) is 3.44. The average Bonchev–Trinajstić information content (AvgIpc) is 3.23. The minimum Gasteiger partial charge on any atom is -0.451 e. The van der Waals surface area contributed by atoms with Crippen molar-refractivity contribution in [2.75, 3.05) is 38.0 Å². The molecule has 1 fully saturated rings. The Bertz CT molecular complexity index is 1130. The number of benzene rings is 2. The molecule has 1 aliphatic rings. The normalized spacial score (nSPS) is 14.5. The first-order chi connectivity index (χ1) is 15.4. The fourth-order valence-corrected chi connectivity index (χ4v) is 3.85. The monoisotopic (exact) mass is 436 g/mol. The lowest BCUT2D eigenvalue weighted by Crippen LogP contribution is -2.49. The second kappa shape index (κ2) is 9.19. The lowest BCUT2D eigenvalue weighted by atomic mass is 10.1. The average molecular weight is 436 g/mol. The number of nitro groups is 1. The van der Waals surface area contributed by atoms with Gasteiger partial charge in [-0.2, -0.15) is 0 Å². The Kier molecular flexibility index (Phi) is 6.18. The van der Waals surface area contributed by atoms with Crippen LogP contribution in [0.1, 0.15) is 22.5 Å². The van der Waals surface area contributed by atoms with Crippen molar-refractivity contribution in [3.8, 4) is 0 Å². The maximum absolute atomic E-state index is 12.8. The highest BCUT2D eigenvalue weighted by atomic mass is 16.6. The number of nitro benzene ring substituents is 1. The van der Waals surface area contributed by atoms with Crippen LogP contribution in [0.4, 0.5) is 11.4 Å². The van der Waals surface area contributed by atoms with Crippen molar-refractivity contribution >= 4 is 34.2 Å². The third-order valence-corrected chi connectivity index (χ3v) is 5.73. The van der Waals surface area contributed by atoms with E-state index in [1.807, 2.05) is 24.3 Å². The van der Waals surface area contributed by atoms with Crippen molar-refractivity contribution in [2.24, 2.45) is 0 Å². The molecule has 32 heavy (non-hydrogen) atoms. The van der Waals surface area contributed by atoms with Crippen LogP contribution in [0, 0.1) is 17.0 Å². The summed E-state index contributed by atoms with van der Waals surface area (Å²) in [6, 6.07) is 13.9. The summed E-state index contributed by atoms with van der Waals surface area (Å²) in [5.74, 6) is 0.0143. The van der Waals surface area contributed by atoms with E-state index in [-0.39, 0.29) is 23.9 Å². The molecule has 9 heteroatoms. The lowest BCUT2D eigenvalue weighted by Gasteiger charge is -2.34. The third-order valence-electron chi connectivity index (χ3n) is 5.73. The SMILES string of the molecule is Cc1c(NC(=O)CCN2CCN(C(=O)c3cc4ccccc4o3)CC2)cccc1[N+](=O)[O-]. The van der Waals surface area contributed by atoms with Gasteiger partial charge in [-0.05, 0) is 25.1 Å². The van der Waals surface area contributed by atoms with Crippen LogP contribution in [0.15, 0.2) is 52.9 Å². The Morgan fingerprint density at radius 2 is 1.84 bits per heavy atom. The molecule has 0 atom stereocenters. The van der Waals surface area contributed by atoms with Gasteiger partial charge in [-0.15, -0.1) is 0 Å². The van der Waals surface area contributed by atoms with Gasteiger partial charge in [-0.1, -0.05) is 24.3 Å². The smallest absolute Gasteiger partial charge is 0.289 e. The maximum atomic E-state index is 12.8. The van der Waals surface area contributed by atoms with E-state index in [2.05, 4.69) is 10.2 Å². The zero-order chi connectivity index (χ0) is 22.7. The van der Waals surface area contributed by atoms with Gasteiger partial charge in [0.15, 0.2) is 5.76 Å². The number of carbonyl (C=O) groups excluding carboxylic acids is 2. The van der Waals surface area contributed by atoms with Crippen molar-refractivity contribution in [3.05, 3.63) is 70.0 Å². The number of piperazine rings is 1. The number of fused-ring (bicyclic) bond motifs is 1. The van der Waals surface area contributed by atoms with Crippen LogP contribution < -0.4 is 5.32 Å². The highest BCUT2D eigenvalue weighted by Gasteiger charge is 2.25. The predicted molar refractivity (Wildman–Crippen MR) is 120 cm³/mol. The van der Waals surface area contributed by atoms with Crippen molar-refractivity contribution in [3.63, 3.8) is 0 Å². The molecule has 0 radical (unpaired) electrons. The molecule has 2 amide bonds. The molecule has 0 spiro atoms. The van der Waals surface area contributed by atoms with Crippen LogP contribution >= 0.6 is 0 Å². The third kappa shape index (κ3) is 4.62. The van der Waals surface area contributed by atoms with Crippen molar-refractivity contribution in [2.45, 2.75) is 13.3 Å². The number of para-hydroxylation sites is 1. The number of rotatable bonds is 6. The van der Waals surface area contributed by atoms with E-state index >= 15 is 0 Å². The molecule has 1 aromatic heterocycles. The van der Waals surface area contributed by atoms with E-state index in [0.29, 0.717) is 55.3 Å². The summed E-state index contributed by atoms with van der Waals surface area (Å²) in [6.07, 6.45) is 0.264. The molecule has 4 rings (SSSR count). The molecule has 1 saturated heterocycles. The van der Waals surface area contributed by atoms with Gasteiger partial charge >= 0.3 is 0 Å². The molecule has 1 aliphatic heterocycles. The second-order valence-corrected chi connectivity index (χ2v) is 7.79. The van der Waals surface area contributed by atoms with E-state index in [0.717, 1.165) is 5.39 Å². The van der Waals surface area contributed by atoms with Crippen LogP contribution in [-0.4, -0.2) is 59.3 Å². The minimum absolute atomic E-state index is 0.0203. The molecular formula is C23H24N4O5. The molecule has 3 aromatic rings. The molecule has 1 N–H and O–H groups in total. The largest absolute Gasteiger partial charge is 0.451 e. The van der Waals surface area contributed by atoms with Crippen molar-refractivity contribution < 1.29 is 18.9 Å². The van der Waals surface area contributed by atoms with E-state index < -0.39 is 4.92 Å². The lowest BCUT2D eigenvalue weighted by molar-refractivity contribution is -0.385. The van der Waals surface area contributed by atoms with E-state index in [1.54, 1.807) is 30.0 Å². The number of furan rings is 1. The molecule has 0 unspecified atom stereocenters. The molecule has 166 valence electrons. The number of carbonyl (C=O) groups is 2. The molecule has 9 nitrogen and oxygen atoms in total. The van der Waals surface area contributed by atoms with E-state index in [1.165, 1.54) is 6.07 Å². The van der Waals surface area contributed by atoms with Crippen molar-refractivity contribution in [1.29, 1.82) is 0 Å². The van der Waals surface area contributed by atoms with Crippen LogP contribution in [0.5, 0.6) is 0 Å².